The average molecular weight is 2070 g/mol. The molecule has 0 spiro atoms. The van der Waals surface area contributed by atoms with Crippen molar-refractivity contribution in [3.05, 3.63) is 487 Å². The molecule has 0 saturated carbocycles. The highest BCUT2D eigenvalue weighted by Gasteiger charge is 2.53. The lowest BCUT2D eigenvalue weighted by molar-refractivity contribution is 0.00578. The Morgan fingerprint density at radius 3 is 0.786 bits per heavy atom. The van der Waals surface area contributed by atoms with Crippen LogP contribution in [-0.2, 0) is 25.0 Å². The van der Waals surface area contributed by atoms with Gasteiger partial charge >= 0.3 is 14.2 Å². The molecule has 24 aromatic carbocycles. The van der Waals surface area contributed by atoms with Crippen LogP contribution in [0.15, 0.2) is 481 Å². The van der Waals surface area contributed by atoms with E-state index in [1.807, 2.05) is 39.8 Å². The highest BCUT2D eigenvalue weighted by molar-refractivity contribution is 9.11. The zero-order valence-electron chi connectivity index (χ0n) is 82.7. The van der Waals surface area contributed by atoms with Gasteiger partial charge in [0.25, 0.3) is 0 Å². The van der Waals surface area contributed by atoms with E-state index in [0.29, 0.717) is 0 Å². The van der Waals surface area contributed by atoms with E-state index in [2.05, 4.69) is 532 Å². The second kappa shape index (κ2) is 39.9. The second-order valence-corrected chi connectivity index (χ2v) is 42.2. The number of hydrogen-bond donors (Lipinski definition) is 0. The molecule has 702 valence electrons. The number of fused-ring (bicyclic) bond motifs is 12. The van der Waals surface area contributed by atoms with E-state index in [9.17, 15) is 0 Å². The molecule has 0 aromatic heterocycles. The van der Waals surface area contributed by atoms with E-state index < -0.39 is 0 Å². The highest BCUT2D eigenvalue weighted by Crippen LogP contribution is 2.53. The maximum absolute atomic E-state index is 6.16. The Kier molecular flexibility index (Phi) is 26.3. The zero-order valence-corrected chi connectivity index (χ0v) is 87.5. The number of aryl methyl sites for hydroxylation is 1. The SMILES string of the molecule is Brc1c2ccccc2c(-c2cc(-c3ccccc3)cc3ccccc23)c2ccccc12.Brc1ccc(-c2c3ccccc3c(-c3cc(-c4ccccc4)cc4ccccc34)c3ccccc23)c2ccccc12.C=CB1OC(C)(C)C(C)(C)O1.CC1(C)OB(c2ccc(Br)c3ccccc23)OC1(C)C.CCc1ccc(-c2c3ccccc3c(-c3cc(-c4ccccc4)cc4ccccc34)c3ccccc23)c2ccccc12. The van der Waals surface area contributed by atoms with Crippen LogP contribution in [0.4, 0.5) is 0 Å². The maximum Gasteiger partial charge on any atom is 0.495 e. The van der Waals surface area contributed by atoms with Gasteiger partial charge in [-0.05, 0) is 356 Å². The molecule has 2 aliphatic heterocycles. The van der Waals surface area contributed by atoms with Crippen LogP contribution >= 0.6 is 47.8 Å². The van der Waals surface area contributed by atoms with Crippen LogP contribution in [0.25, 0.3) is 218 Å². The van der Waals surface area contributed by atoms with Crippen molar-refractivity contribution in [2.45, 2.75) is 91.1 Å². The van der Waals surface area contributed by atoms with Gasteiger partial charge in [0.05, 0.1) is 22.4 Å². The van der Waals surface area contributed by atoms with Crippen molar-refractivity contribution in [1.82, 2.24) is 0 Å². The summed E-state index contributed by atoms with van der Waals surface area (Å²) in [6.45, 7) is 22.3. The minimum atomic E-state index is -0.321. The van der Waals surface area contributed by atoms with Crippen LogP contribution < -0.4 is 5.46 Å². The van der Waals surface area contributed by atoms with Gasteiger partial charge in [-0.1, -0.05) is 451 Å². The van der Waals surface area contributed by atoms with Gasteiger partial charge in [-0.25, -0.2) is 0 Å². The van der Waals surface area contributed by atoms with Crippen LogP contribution in [0, 0.1) is 0 Å². The van der Waals surface area contributed by atoms with Crippen LogP contribution in [0.5, 0.6) is 0 Å². The molecule has 0 radical (unpaired) electrons. The van der Waals surface area contributed by atoms with Crippen molar-refractivity contribution in [2.75, 3.05) is 0 Å². The van der Waals surface area contributed by atoms with E-state index in [1.54, 1.807) is 5.98 Å². The van der Waals surface area contributed by atoms with Gasteiger partial charge in [-0.2, -0.15) is 0 Å². The second-order valence-electron chi connectivity index (χ2n) is 39.7. The molecule has 4 nitrogen and oxygen atoms in total. The third-order valence-corrected chi connectivity index (χ3v) is 32.4. The lowest BCUT2D eigenvalue weighted by atomic mass is 9.76. The summed E-state index contributed by atoms with van der Waals surface area (Å²) in [4.78, 5) is 0. The summed E-state index contributed by atoms with van der Waals surface area (Å²) in [5, 5.41) is 30.3. The fraction of sp³-hybridized carbons (Fsp3) is 0.103. The van der Waals surface area contributed by atoms with Crippen LogP contribution in [0.3, 0.4) is 0 Å². The number of rotatable bonds is 11. The Balaban J connectivity index is 0.000000109. The zero-order chi connectivity index (χ0) is 99.4. The summed E-state index contributed by atoms with van der Waals surface area (Å²) in [5.74, 6) is 1.68. The summed E-state index contributed by atoms with van der Waals surface area (Å²) in [7, 11) is -0.571. The molecule has 2 saturated heterocycles. The van der Waals surface area contributed by atoms with Crippen LogP contribution in [0.1, 0.15) is 67.9 Å². The minimum absolute atomic E-state index is 0.230. The molecule has 0 unspecified atom stereocenters. The van der Waals surface area contributed by atoms with Gasteiger partial charge < -0.3 is 18.6 Å². The molecule has 0 amide bonds. The summed E-state index contributed by atoms with van der Waals surface area (Å²) >= 11 is 11.3. The van der Waals surface area contributed by atoms with E-state index in [0.717, 1.165) is 25.3 Å². The topological polar surface area (TPSA) is 36.9 Å². The molecule has 0 N–H and O–H groups in total. The molecule has 0 bridgehead atoms. The average Bonchev–Trinajstić information content (AvgIpc) is 1.70. The fourth-order valence-electron chi connectivity index (χ4n) is 21.5. The molecule has 24 aromatic rings. The lowest BCUT2D eigenvalue weighted by Gasteiger charge is -2.32. The fourth-order valence-corrected chi connectivity index (χ4v) is 23.2. The Morgan fingerprint density at radius 1 is 0.221 bits per heavy atom. The van der Waals surface area contributed by atoms with Crippen molar-refractivity contribution < 1.29 is 18.6 Å². The van der Waals surface area contributed by atoms with E-state index >= 15 is 0 Å². The molecule has 2 aliphatic rings. The molecular formula is C136H107B2Br3O4. The molecule has 0 aliphatic carbocycles. The number of hydrogen-bond acceptors (Lipinski definition) is 4. The third-order valence-electron chi connectivity index (χ3n) is 30.1. The van der Waals surface area contributed by atoms with Gasteiger partial charge in [-0.3, -0.25) is 0 Å². The molecule has 2 heterocycles. The predicted octanol–water partition coefficient (Wildman–Crippen LogP) is 38.9. The van der Waals surface area contributed by atoms with Gasteiger partial charge in [0.2, 0.25) is 0 Å². The van der Waals surface area contributed by atoms with Gasteiger partial charge in [-0.15, -0.1) is 6.58 Å². The first kappa shape index (κ1) is 95.4. The van der Waals surface area contributed by atoms with Crippen molar-refractivity contribution in [3.8, 4) is 89.0 Å². The molecular weight excluding hydrogens is 1960 g/mol. The first-order valence-electron chi connectivity index (χ1n) is 50.0. The molecule has 9 heteroatoms. The predicted molar refractivity (Wildman–Crippen MR) is 634 cm³/mol. The lowest BCUT2D eigenvalue weighted by Crippen LogP contribution is -2.41. The summed E-state index contributed by atoms with van der Waals surface area (Å²) < 4.78 is 26.8. The first-order valence-corrected chi connectivity index (χ1v) is 52.4. The van der Waals surface area contributed by atoms with Crippen molar-refractivity contribution >= 4 is 197 Å². The maximum atomic E-state index is 6.16. The summed E-state index contributed by atoms with van der Waals surface area (Å²) in [6.07, 6.45) is 1.02. The van der Waals surface area contributed by atoms with E-state index in [1.165, 1.54) is 224 Å². The minimum Gasteiger partial charge on any atom is -0.400 e. The Bertz CT molecular complexity index is 8950. The molecule has 0 atom stereocenters. The smallest absolute Gasteiger partial charge is 0.400 e. The number of halogens is 3. The summed E-state index contributed by atoms with van der Waals surface area (Å²) in [6, 6.07) is 165. The van der Waals surface area contributed by atoms with Gasteiger partial charge in [0.1, 0.15) is 0 Å². The van der Waals surface area contributed by atoms with E-state index in [4.69, 9.17) is 18.6 Å². The van der Waals surface area contributed by atoms with Crippen LogP contribution in [0.2, 0.25) is 0 Å². The Labute approximate surface area is 874 Å². The Hall–Kier alpha value is -14.5. The van der Waals surface area contributed by atoms with E-state index in [-0.39, 0.29) is 36.6 Å². The quantitative estimate of drug-likeness (QED) is 0.0955. The monoisotopic (exact) mass is 2060 g/mol. The van der Waals surface area contributed by atoms with Gasteiger partial charge in [0, 0.05) is 13.4 Å². The largest absolute Gasteiger partial charge is 0.495 e. The summed E-state index contributed by atoms with van der Waals surface area (Å²) in [5.41, 5.74) is 21.6. The highest BCUT2D eigenvalue weighted by atomic mass is 79.9. The van der Waals surface area contributed by atoms with Crippen molar-refractivity contribution in [3.63, 3.8) is 0 Å². The first-order chi connectivity index (χ1) is 70.6. The van der Waals surface area contributed by atoms with Gasteiger partial charge in [0.15, 0.2) is 0 Å². The van der Waals surface area contributed by atoms with Crippen molar-refractivity contribution in [1.29, 1.82) is 0 Å². The number of benzene rings is 24. The molecule has 2 fully saturated rings. The normalized spacial score (nSPS) is 13.9. The van der Waals surface area contributed by atoms with Crippen LogP contribution in [-0.4, -0.2) is 36.6 Å². The third kappa shape index (κ3) is 18.0. The molecule has 26 rings (SSSR count). The molecule has 145 heavy (non-hydrogen) atoms. The standard InChI is InChI=1S/C42H30.C40H25Br.C30H19Br.C16H18BBrO2.C8H15BO2/c1-2-28-24-25-39(34-19-9-8-17-32(28)34)41-35-20-10-12-22-37(35)42(38-23-13-11-21-36(38)41)40-27-31(29-14-4-3-5-15-29)26-30-16-6-7-18-33(30)40;41-38-23-22-36(30-16-6-7-17-31(30)38)39-32-18-8-10-20-34(32)40(35-21-11-9-19-33(35)39)37-25-28(26-12-2-1-3-13-26)24-27-14-4-5-15-29(27)37;31-30-26-16-8-6-14-24(26)29(25-15-7-9-17-27(25)30)28-19-22(20-10-2-1-3-11-20)18-21-12-4-5-13-23(21)28;1-15(2)16(3,4)20-17(19-15)13-9-10-14(18)12-8-6-5-7-11(12)13;1-6-9-10-7(2,3)8(4,5)11-9/h3-27H,2H2,1H3;1-25H;1-19H;5-10H,1-4H3;6H,1H2,2-5H3. The van der Waals surface area contributed by atoms with Crippen molar-refractivity contribution in [2.24, 2.45) is 0 Å². The Morgan fingerprint density at radius 2 is 0.462 bits per heavy atom.